The number of carbonyl (C=O) groups excluding carboxylic acids is 2. The molecule has 3 rings (SSSR count). The summed E-state index contributed by atoms with van der Waals surface area (Å²) in [6.45, 7) is 2.12. The number of anilines is 1. The fourth-order valence-corrected chi connectivity index (χ4v) is 3.54. The Hall–Kier alpha value is -3.58. The Labute approximate surface area is 184 Å². The fourth-order valence-electron chi connectivity index (χ4n) is 2.68. The fraction of sp³-hybridized carbons (Fsp3) is 0.211. The van der Waals surface area contributed by atoms with Crippen molar-refractivity contribution in [3.8, 4) is 21.7 Å². The molecule has 168 valence electrons. The number of hydrogen-bond acceptors (Lipinski definition) is 7. The zero-order valence-electron chi connectivity index (χ0n) is 16.9. The smallest absolute Gasteiger partial charge is 0.338 e. The number of nitrogens with one attached hydrogen (secondary N) is 4. The van der Waals surface area contributed by atoms with Crippen molar-refractivity contribution in [1.82, 2.24) is 31.1 Å². The van der Waals surface area contributed by atoms with Crippen molar-refractivity contribution in [2.75, 3.05) is 18.9 Å². The number of rotatable bonds is 6. The van der Waals surface area contributed by atoms with Crippen molar-refractivity contribution in [1.29, 1.82) is 0 Å². The molecule has 4 N–H and O–H groups in total. The lowest BCUT2D eigenvalue weighted by Gasteiger charge is -2.12. The highest BCUT2D eigenvalue weighted by atomic mass is 32.1. The van der Waals surface area contributed by atoms with Crippen LogP contribution in [0.2, 0.25) is 0 Å². The molecule has 0 aliphatic rings. The number of amides is 3. The maximum atomic E-state index is 13.1. The average molecular weight is 465 g/mol. The Kier molecular flexibility index (Phi) is 7.00. The van der Waals surface area contributed by atoms with E-state index in [1.807, 2.05) is 0 Å². The molecular formula is C19H18F3N7O2S. The van der Waals surface area contributed by atoms with Crippen LogP contribution in [-0.2, 0) is 6.18 Å². The first-order valence-electron chi connectivity index (χ1n) is 9.24. The van der Waals surface area contributed by atoms with Crippen LogP contribution in [0.15, 0.2) is 36.0 Å². The van der Waals surface area contributed by atoms with Crippen LogP contribution in [0.1, 0.15) is 23.1 Å². The summed E-state index contributed by atoms with van der Waals surface area (Å²) in [6, 6.07) is 3.98. The Morgan fingerprint density at radius 3 is 2.59 bits per heavy atom. The number of alkyl halides is 3. The molecule has 0 aliphatic carbocycles. The molecule has 13 heteroatoms. The highest BCUT2D eigenvalue weighted by molar-refractivity contribution is 7.13. The van der Waals surface area contributed by atoms with E-state index in [-0.39, 0.29) is 16.5 Å². The summed E-state index contributed by atoms with van der Waals surface area (Å²) in [5.74, 6) is -0.368. The third-order valence-electron chi connectivity index (χ3n) is 4.05. The second-order valence-electron chi connectivity index (χ2n) is 6.27. The topological polar surface area (TPSA) is 121 Å². The first-order valence-corrected chi connectivity index (χ1v) is 10.1. The highest BCUT2D eigenvalue weighted by Gasteiger charge is 2.34. The van der Waals surface area contributed by atoms with Gasteiger partial charge in [-0.25, -0.2) is 20.2 Å². The van der Waals surface area contributed by atoms with Crippen LogP contribution in [0, 0.1) is 0 Å². The van der Waals surface area contributed by atoms with Gasteiger partial charge in [-0.05, 0) is 30.7 Å². The number of pyridine rings is 2. The highest BCUT2D eigenvalue weighted by Crippen LogP contribution is 2.38. The van der Waals surface area contributed by atoms with E-state index >= 15 is 0 Å². The summed E-state index contributed by atoms with van der Waals surface area (Å²) < 4.78 is 39.3. The van der Waals surface area contributed by atoms with Gasteiger partial charge in [0, 0.05) is 42.5 Å². The van der Waals surface area contributed by atoms with Gasteiger partial charge in [0.15, 0.2) is 5.69 Å². The summed E-state index contributed by atoms with van der Waals surface area (Å²) in [7, 11) is 1.52. The first-order chi connectivity index (χ1) is 15.2. The molecule has 0 aromatic carbocycles. The molecule has 0 spiro atoms. The zero-order valence-corrected chi connectivity index (χ0v) is 17.7. The van der Waals surface area contributed by atoms with E-state index < -0.39 is 23.8 Å². The molecule has 0 aliphatic heterocycles. The molecule has 9 nitrogen and oxygen atoms in total. The molecule has 32 heavy (non-hydrogen) atoms. The van der Waals surface area contributed by atoms with Gasteiger partial charge in [-0.2, -0.15) is 13.2 Å². The van der Waals surface area contributed by atoms with E-state index in [1.54, 1.807) is 13.0 Å². The number of thiazole rings is 1. The first kappa shape index (κ1) is 23.1. The molecule has 3 amide bonds. The van der Waals surface area contributed by atoms with E-state index in [0.717, 1.165) is 16.7 Å². The quantitative estimate of drug-likeness (QED) is 0.415. The largest absolute Gasteiger partial charge is 0.434 e. The maximum Gasteiger partial charge on any atom is 0.434 e. The van der Waals surface area contributed by atoms with E-state index in [9.17, 15) is 22.8 Å². The number of nitrogens with zero attached hydrogens (tertiary/aromatic N) is 3. The Balaban J connectivity index is 2.09. The normalized spacial score (nSPS) is 11.2. The molecular weight excluding hydrogens is 447 g/mol. The van der Waals surface area contributed by atoms with Crippen LogP contribution in [0.4, 0.5) is 23.8 Å². The van der Waals surface area contributed by atoms with Crippen LogP contribution in [0.3, 0.4) is 0 Å². The van der Waals surface area contributed by atoms with Gasteiger partial charge in [0.05, 0.1) is 0 Å². The van der Waals surface area contributed by atoms with E-state index in [2.05, 4.69) is 36.4 Å². The van der Waals surface area contributed by atoms with Crippen LogP contribution >= 0.6 is 11.3 Å². The molecule has 0 bridgehead atoms. The van der Waals surface area contributed by atoms with Crippen LogP contribution in [0.25, 0.3) is 21.7 Å². The van der Waals surface area contributed by atoms with Crippen molar-refractivity contribution in [2.45, 2.75) is 13.1 Å². The number of urea groups is 1. The predicted octanol–water partition coefficient (Wildman–Crippen LogP) is 3.29. The molecule has 0 fully saturated rings. The van der Waals surface area contributed by atoms with Crippen molar-refractivity contribution < 1.29 is 22.8 Å². The Bertz CT molecular complexity index is 1130. The van der Waals surface area contributed by atoms with Gasteiger partial charge in [-0.3, -0.25) is 20.5 Å². The number of hydrazine groups is 1. The molecule has 0 radical (unpaired) electrons. The number of hydrogen-bond donors (Lipinski definition) is 4. The molecule has 0 unspecified atom stereocenters. The Morgan fingerprint density at radius 2 is 1.94 bits per heavy atom. The number of halogens is 3. The Morgan fingerprint density at radius 1 is 1.16 bits per heavy atom. The lowest BCUT2D eigenvalue weighted by atomic mass is 10.0. The zero-order chi connectivity index (χ0) is 23.3. The number of aromatic nitrogens is 3. The molecule has 3 aromatic heterocycles. The summed E-state index contributed by atoms with van der Waals surface area (Å²) >= 11 is 0.803. The van der Waals surface area contributed by atoms with Crippen molar-refractivity contribution in [3.63, 3.8) is 0 Å². The lowest BCUT2D eigenvalue weighted by molar-refractivity contribution is -0.140. The van der Waals surface area contributed by atoms with E-state index in [4.69, 9.17) is 0 Å². The summed E-state index contributed by atoms with van der Waals surface area (Å²) in [5, 5.41) is 6.06. The van der Waals surface area contributed by atoms with Gasteiger partial charge in [0.1, 0.15) is 16.5 Å². The van der Waals surface area contributed by atoms with Crippen LogP contribution in [-0.4, -0.2) is 40.5 Å². The monoisotopic (exact) mass is 465 g/mol. The maximum absolute atomic E-state index is 13.1. The second kappa shape index (κ2) is 9.70. The van der Waals surface area contributed by atoms with Gasteiger partial charge in [-0.1, -0.05) is 0 Å². The minimum atomic E-state index is -4.60. The van der Waals surface area contributed by atoms with Crippen molar-refractivity contribution in [3.05, 3.63) is 47.4 Å². The minimum Gasteiger partial charge on any atom is -0.338 e. The van der Waals surface area contributed by atoms with Crippen LogP contribution in [0.5, 0.6) is 0 Å². The number of carbonyl (C=O) groups is 2. The third kappa shape index (κ3) is 5.36. The third-order valence-corrected chi connectivity index (χ3v) is 4.93. The van der Waals surface area contributed by atoms with Crippen molar-refractivity contribution >= 4 is 29.1 Å². The van der Waals surface area contributed by atoms with Crippen LogP contribution < -0.4 is 21.5 Å². The lowest BCUT2D eigenvalue weighted by Crippen LogP contribution is -2.34. The standard InChI is InChI=1S/C19H18F3N7O2S/c1-3-24-18(31)28-15-7-11(17-27-14(9-32-17)19(20,21)22)12(8-26-15)10-4-5-25-13(6-10)16(30)29-23-2/h4-9,23H,3H2,1-2H3,(H,29,30)(H2,24,26,28,31). The van der Waals surface area contributed by atoms with Crippen molar-refractivity contribution in [2.24, 2.45) is 0 Å². The van der Waals surface area contributed by atoms with E-state index in [1.165, 1.54) is 31.6 Å². The minimum absolute atomic E-state index is 0.0757. The predicted molar refractivity (Wildman–Crippen MR) is 113 cm³/mol. The van der Waals surface area contributed by atoms with Gasteiger partial charge in [-0.15, -0.1) is 11.3 Å². The van der Waals surface area contributed by atoms with Gasteiger partial charge in [0.2, 0.25) is 0 Å². The second-order valence-corrected chi connectivity index (χ2v) is 7.13. The molecule has 0 atom stereocenters. The van der Waals surface area contributed by atoms with Gasteiger partial charge in [0.25, 0.3) is 5.91 Å². The molecule has 3 heterocycles. The molecule has 0 saturated heterocycles. The summed E-state index contributed by atoms with van der Waals surface area (Å²) in [4.78, 5) is 35.8. The van der Waals surface area contributed by atoms with Gasteiger partial charge >= 0.3 is 12.2 Å². The summed E-state index contributed by atoms with van der Waals surface area (Å²) in [6.07, 6.45) is -1.81. The average Bonchev–Trinajstić information content (AvgIpc) is 3.25. The SMILES string of the molecule is CCNC(=O)Nc1cc(-c2nc(C(F)(F)F)cs2)c(-c2ccnc(C(=O)NNC)c2)cn1. The van der Waals surface area contributed by atoms with Gasteiger partial charge < -0.3 is 5.32 Å². The van der Waals surface area contributed by atoms with E-state index in [0.29, 0.717) is 23.2 Å². The summed E-state index contributed by atoms with van der Waals surface area (Å²) in [5.41, 5.74) is 5.15. The molecule has 3 aromatic rings. The molecule has 0 saturated carbocycles.